The molecule has 2 N–H and O–H groups in total. The van der Waals surface area contributed by atoms with Gasteiger partial charge in [-0.2, -0.15) is 0 Å². The molecule has 0 radical (unpaired) electrons. The van der Waals surface area contributed by atoms with Crippen molar-refractivity contribution in [3.05, 3.63) is 16.1 Å². The second-order valence-corrected chi connectivity index (χ2v) is 5.74. The van der Waals surface area contributed by atoms with E-state index in [-0.39, 0.29) is 5.91 Å². The third-order valence-electron chi connectivity index (χ3n) is 3.33. The summed E-state index contributed by atoms with van der Waals surface area (Å²) in [5.41, 5.74) is 6.08. The molecule has 106 valence electrons. The van der Waals surface area contributed by atoms with Gasteiger partial charge >= 0.3 is 0 Å². The molecule has 5 nitrogen and oxygen atoms in total. The molecule has 2 rings (SSSR count). The Morgan fingerprint density at radius 3 is 2.79 bits per heavy atom. The van der Waals surface area contributed by atoms with E-state index >= 15 is 0 Å². The molecule has 2 heterocycles. The van der Waals surface area contributed by atoms with E-state index in [1.54, 1.807) is 0 Å². The Bertz CT molecular complexity index is 413. The van der Waals surface area contributed by atoms with Crippen LogP contribution in [0.5, 0.6) is 0 Å². The van der Waals surface area contributed by atoms with Gasteiger partial charge in [-0.1, -0.05) is 6.92 Å². The third-order valence-corrected chi connectivity index (χ3v) is 4.24. The van der Waals surface area contributed by atoms with Gasteiger partial charge in [0.2, 0.25) is 0 Å². The lowest BCUT2D eigenvalue weighted by molar-refractivity contribution is 0.0632. The minimum Gasteiger partial charge on any atom is -0.335 e. The molecule has 1 aliphatic heterocycles. The van der Waals surface area contributed by atoms with Crippen LogP contribution >= 0.6 is 11.3 Å². The summed E-state index contributed by atoms with van der Waals surface area (Å²) in [5, 5.41) is 2.81. The normalized spacial score (nSPS) is 16.8. The summed E-state index contributed by atoms with van der Waals surface area (Å²) in [5.74, 6) is 0.0654. The second-order valence-electron chi connectivity index (χ2n) is 4.80. The number of nitrogens with two attached hydrogens (primary N) is 1. The first-order chi connectivity index (χ1) is 9.24. The summed E-state index contributed by atoms with van der Waals surface area (Å²) in [7, 11) is 0. The minimum absolute atomic E-state index is 0.0654. The molecule has 19 heavy (non-hydrogen) atoms. The highest BCUT2D eigenvalue weighted by Gasteiger charge is 2.23. The maximum absolute atomic E-state index is 12.3. The summed E-state index contributed by atoms with van der Waals surface area (Å²) < 4.78 is 0. The first kappa shape index (κ1) is 14.4. The van der Waals surface area contributed by atoms with Crippen LogP contribution in [-0.4, -0.2) is 60.0 Å². The van der Waals surface area contributed by atoms with Crippen molar-refractivity contribution in [3.8, 4) is 0 Å². The van der Waals surface area contributed by atoms with E-state index in [0.717, 1.165) is 44.2 Å². The number of carbonyl (C=O) groups is 1. The van der Waals surface area contributed by atoms with Crippen LogP contribution in [0.1, 0.15) is 28.8 Å². The molecule has 0 unspecified atom stereocenters. The smallest absolute Gasteiger partial charge is 0.273 e. The third kappa shape index (κ3) is 3.75. The molecule has 1 amide bonds. The van der Waals surface area contributed by atoms with Gasteiger partial charge in [0.05, 0.1) is 5.01 Å². The zero-order valence-corrected chi connectivity index (χ0v) is 12.3. The maximum Gasteiger partial charge on any atom is 0.273 e. The number of carbonyl (C=O) groups excluding carboxylic acids is 1. The summed E-state index contributed by atoms with van der Waals surface area (Å²) in [6, 6.07) is 0. The number of aromatic nitrogens is 1. The monoisotopic (exact) mass is 282 g/mol. The van der Waals surface area contributed by atoms with E-state index in [0.29, 0.717) is 12.2 Å². The van der Waals surface area contributed by atoms with Crippen molar-refractivity contribution in [1.82, 2.24) is 14.8 Å². The second kappa shape index (κ2) is 6.98. The van der Waals surface area contributed by atoms with Crippen LogP contribution < -0.4 is 5.73 Å². The highest BCUT2D eigenvalue weighted by molar-refractivity contribution is 7.09. The first-order valence-electron chi connectivity index (χ1n) is 6.90. The molecule has 0 spiro atoms. The predicted molar refractivity (Wildman–Crippen MR) is 77.5 cm³/mol. The fourth-order valence-electron chi connectivity index (χ4n) is 2.30. The number of nitrogens with zero attached hydrogens (tertiary/aromatic N) is 3. The number of piperazine rings is 1. The Morgan fingerprint density at radius 1 is 1.42 bits per heavy atom. The van der Waals surface area contributed by atoms with Crippen molar-refractivity contribution in [1.29, 1.82) is 0 Å². The average molecular weight is 282 g/mol. The van der Waals surface area contributed by atoms with Gasteiger partial charge in [-0.3, -0.25) is 9.69 Å². The van der Waals surface area contributed by atoms with Crippen LogP contribution in [0.4, 0.5) is 0 Å². The molecule has 0 atom stereocenters. The van der Waals surface area contributed by atoms with Crippen LogP contribution in [0.15, 0.2) is 5.38 Å². The zero-order chi connectivity index (χ0) is 13.7. The average Bonchev–Trinajstić information content (AvgIpc) is 2.88. The lowest BCUT2D eigenvalue weighted by Crippen LogP contribution is -2.48. The number of hydrogen-bond acceptors (Lipinski definition) is 5. The standard InChI is InChI=1S/C13H22N4OS/c1-2-5-16-6-8-17(9-7-16)13(18)11-10-19-12(15-11)3-4-14/h10H,2-9,14H2,1H3. The summed E-state index contributed by atoms with van der Waals surface area (Å²) in [6.07, 6.45) is 1.92. The topological polar surface area (TPSA) is 62.5 Å². The van der Waals surface area contributed by atoms with Crippen molar-refractivity contribution in [2.24, 2.45) is 5.73 Å². The van der Waals surface area contributed by atoms with E-state index in [4.69, 9.17) is 5.73 Å². The molecule has 0 saturated carbocycles. The number of rotatable bonds is 5. The van der Waals surface area contributed by atoms with Crippen LogP contribution in [0.3, 0.4) is 0 Å². The predicted octanol–water partition coefficient (Wildman–Crippen LogP) is 0.812. The highest BCUT2D eigenvalue weighted by Crippen LogP contribution is 2.13. The van der Waals surface area contributed by atoms with Crippen LogP contribution in [0.25, 0.3) is 0 Å². The van der Waals surface area contributed by atoms with Crippen LogP contribution in [0.2, 0.25) is 0 Å². The van der Waals surface area contributed by atoms with Gasteiger partial charge in [0.25, 0.3) is 5.91 Å². The van der Waals surface area contributed by atoms with Crippen LogP contribution in [-0.2, 0) is 6.42 Å². The van der Waals surface area contributed by atoms with Crippen LogP contribution in [0, 0.1) is 0 Å². The molecular formula is C13H22N4OS. The Morgan fingerprint density at radius 2 is 2.16 bits per heavy atom. The van der Waals surface area contributed by atoms with E-state index in [2.05, 4.69) is 16.8 Å². The van der Waals surface area contributed by atoms with Crippen molar-refractivity contribution in [2.45, 2.75) is 19.8 Å². The molecule has 1 aliphatic rings. The van der Waals surface area contributed by atoms with E-state index in [9.17, 15) is 4.79 Å². The number of thiazole rings is 1. The number of hydrogen-bond donors (Lipinski definition) is 1. The molecule has 1 aromatic rings. The van der Waals surface area contributed by atoms with E-state index in [1.165, 1.54) is 17.8 Å². The maximum atomic E-state index is 12.3. The highest BCUT2D eigenvalue weighted by atomic mass is 32.1. The van der Waals surface area contributed by atoms with Crippen molar-refractivity contribution < 1.29 is 4.79 Å². The van der Waals surface area contributed by atoms with Crippen molar-refractivity contribution >= 4 is 17.2 Å². The minimum atomic E-state index is 0.0654. The lowest BCUT2D eigenvalue weighted by atomic mass is 10.2. The Balaban J connectivity index is 1.89. The molecule has 6 heteroatoms. The Kier molecular flexibility index (Phi) is 5.30. The molecule has 1 saturated heterocycles. The summed E-state index contributed by atoms with van der Waals surface area (Å²) in [4.78, 5) is 21.0. The van der Waals surface area contributed by atoms with Gasteiger partial charge in [-0.05, 0) is 19.5 Å². The molecule has 1 fully saturated rings. The Hall–Kier alpha value is -0.980. The number of amides is 1. The van der Waals surface area contributed by atoms with E-state index < -0.39 is 0 Å². The molecule has 1 aromatic heterocycles. The molecular weight excluding hydrogens is 260 g/mol. The van der Waals surface area contributed by atoms with Gasteiger partial charge in [0.15, 0.2) is 0 Å². The summed E-state index contributed by atoms with van der Waals surface area (Å²) in [6.45, 7) is 7.45. The quantitative estimate of drug-likeness (QED) is 0.868. The zero-order valence-electron chi connectivity index (χ0n) is 11.5. The first-order valence-corrected chi connectivity index (χ1v) is 7.78. The van der Waals surface area contributed by atoms with Gasteiger partial charge in [0.1, 0.15) is 5.69 Å². The Labute approximate surface area is 118 Å². The van der Waals surface area contributed by atoms with Gasteiger partial charge < -0.3 is 10.6 Å². The lowest BCUT2D eigenvalue weighted by Gasteiger charge is -2.34. The summed E-state index contributed by atoms with van der Waals surface area (Å²) >= 11 is 1.53. The van der Waals surface area contributed by atoms with Gasteiger partial charge in [-0.25, -0.2) is 4.98 Å². The largest absolute Gasteiger partial charge is 0.335 e. The van der Waals surface area contributed by atoms with Crippen molar-refractivity contribution in [2.75, 3.05) is 39.3 Å². The van der Waals surface area contributed by atoms with E-state index in [1.807, 2.05) is 10.3 Å². The molecule has 0 aromatic carbocycles. The fraction of sp³-hybridized carbons (Fsp3) is 0.692. The molecule has 0 bridgehead atoms. The van der Waals surface area contributed by atoms with Gasteiger partial charge in [-0.15, -0.1) is 11.3 Å². The van der Waals surface area contributed by atoms with Gasteiger partial charge in [0, 0.05) is 38.0 Å². The SMILES string of the molecule is CCCN1CCN(C(=O)c2csc(CCN)n2)CC1. The van der Waals surface area contributed by atoms with Crippen molar-refractivity contribution in [3.63, 3.8) is 0 Å². The fourth-order valence-corrected chi connectivity index (χ4v) is 3.09. The molecule has 0 aliphatic carbocycles.